The van der Waals surface area contributed by atoms with Crippen molar-refractivity contribution in [2.24, 2.45) is 17.8 Å². The maximum absolute atomic E-state index is 14.9. The van der Waals surface area contributed by atoms with E-state index < -0.39 is 344 Å². The highest BCUT2D eigenvalue weighted by Gasteiger charge is 2.42. The molecule has 120 heavy (non-hydrogen) atoms. The van der Waals surface area contributed by atoms with Gasteiger partial charge in [0.1, 0.15) is 72.8 Å². The van der Waals surface area contributed by atoms with Crippen molar-refractivity contribution in [2.45, 2.75) is 219 Å². The number of carbonyl (C=O) groups excluding carboxylic acids is 10. The molecule has 0 aliphatic carbocycles. The molecule has 1 aromatic carbocycles. The zero-order valence-corrected chi connectivity index (χ0v) is 66.9. The van der Waals surface area contributed by atoms with Gasteiger partial charge in [0.2, 0.25) is 41.4 Å². The van der Waals surface area contributed by atoms with E-state index in [-0.39, 0.29) is 29.2 Å². The first-order valence-electron chi connectivity index (χ1n) is 37.3. The summed E-state index contributed by atoms with van der Waals surface area (Å²) in [5, 5.41) is 209. The largest absolute Gasteiger partial charge is 0.481 e. The third-order valence-electron chi connectivity index (χ3n) is 18.8. The van der Waals surface area contributed by atoms with Crippen molar-refractivity contribution in [3.8, 4) is 0 Å². The van der Waals surface area contributed by atoms with Gasteiger partial charge in [-0.05, 0) is 82.9 Å². The molecule has 19 atom stereocenters. The fourth-order valence-electron chi connectivity index (χ4n) is 11.6. The second-order valence-corrected chi connectivity index (χ2v) is 31.6. The Morgan fingerprint density at radius 3 is 1.26 bits per heavy atom. The molecule has 0 saturated carbocycles. The summed E-state index contributed by atoms with van der Waals surface area (Å²) in [5.41, 5.74) is 5.44. The van der Waals surface area contributed by atoms with Crippen LogP contribution in [0.25, 0.3) is 11.2 Å². The highest BCUT2D eigenvalue weighted by molar-refractivity contribution is 8.77. The van der Waals surface area contributed by atoms with Crippen LogP contribution in [-0.4, -0.2) is 347 Å². The van der Waals surface area contributed by atoms with Crippen LogP contribution in [-0.2, 0) is 68.9 Å². The number of carboxylic acids is 4. The number of nitrogens with zero attached hydrogens (tertiary/aromatic N) is 3. The molecule has 30 N–H and O–H groups in total. The maximum atomic E-state index is 14.9. The van der Waals surface area contributed by atoms with Crippen LogP contribution >= 0.6 is 21.6 Å². The summed E-state index contributed by atoms with van der Waals surface area (Å²) in [6.45, 7) is -2.95. The minimum atomic E-state index is -2.22. The molecule has 0 fully saturated rings. The summed E-state index contributed by atoms with van der Waals surface area (Å²) in [5.74, 6) is -23.6. The number of ketones is 3. The van der Waals surface area contributed by atoms with Gasteiger partial charge in [0, 0.05) is 106 Å². The number of carbonyl (C=O) groups is 14. The van der Waals surface area contributed by atoms with Crippen molar-refractivity contribution < 1.29 is 164 Å². The highest BCUT2D eigenvalue weighted by Crippen LogP contribution is 2.37. The van der Waals surface area contributed by atoms with E-state index in [1.807, 2.05) is 0 Å². The minimum absolute atomic E-state index is 0.0107. The summed E-state index contributed by atoms with van der Waals surface area (Å²) >= 11 is 0. The summed E-state index contributed by atoms with van der Waals surface area (Å²) in [6.07, 6.45) is -34.9. The van der Waals surface area contributed by atoms with E-state index in [1.54, 1.807) is 6.26 Å². The number of aromatic nitrogens is 4. The van der Waals surface area contributed by atoms with Crippen LogP contribution in [0.15, 0.2) is 35.3 Å². The number of fused-ring (bicyclic) bond motifs is 1. The SMILES string of the molecule is CSSC(C)(C)[C@H](NC(=O)[C@H](CCC(=O)NC[C@H](O)[C@@H](O)[C@H](O)[C@H](O)CO)CC(=O)[C@H](CCC(=O)O)NC(=O)[C@H](CCC(=O)NC[C@H](O)[C@@H](O)[C@H](O)[C@H](O)CO)CC(=O)[C@H](CCC(=O)O)NC(=O)[C@H](CCC(=O)NC[C@H](O)[C@@H](O)[C@H](O)[C@H](O)CO)CC(=O)CC[C@H](NC(=O)c1ccc(NCc2cnc3nc(N)[nH]c(=O)c3n2)cc1)C(=O)O)C(=O)O. The van der Waals surface area contributed by atoms with E-state index in [4.69, 9.17) is 10.8 Å². The van der Waals surface area contributed by atoms with E-state index in [0.717, 1.165) is 21.6 Å². The third kappa shape index (κ3) is 35.6. The Balaban J connectivity index is 2.09. The smallest absolute Gasteiger partial charge is 0.327 e. The zero-order chi connectivity index (χ0) is 90.6. The number of amides is 7. The first-order chi connectivity index (χ1) is 56.3. The molecule has 0 saturated heterocycles. The minimum Gasteiger partial charge on any atom is -0.481 e. The number of aliphatic hydroxyl groups excluding tert-OH is 15. The summed E-state index contributed by atoms with van der Waals surface area (Å²) < 4.78 is -1.32. The van der Waals surface area contributed by atoms with Gasteiger partial charge >= 0.3 is 23.9 Å². The first kappa shape index (κ1) is 105. The number of aliphatic hydroxyl groups is 15. The Morgan fingerprint density at radius 1 is 0.483 bits per heavy atom. The first-order valence-corrected chi connectivity index (χ1v) is 39.9. The number of hydrogen-bond donors (Lipinski definition) is 29. The van der Waals surface area contributed by atoms with Gasteiger partial charge in [0.05, 0.1) is 73.4 Å². The summed E-state index contributed by atoms with van der Waals surface area (Å²) in [4.78, 5) is 218. The van der Waals surface area contributed by atoms with Crippen molar-refractivity contribution in [1.82, 2.24) is 57.2 Å². The van der Waals surface area contributed by atoms with Crippen LogP contribution < -0.4 is 53.8 Å². The Labute approximate surface area is 690 Å². The second kappa shape index (κ2) is 51.8. The second-order valence-electron chi connectivity index (χ2n) is 28.5. The summed E-state index contributed by atoms with van der Waals surface area (Å²) in [6, 6.07) is -2.17. The molecule has 0 aliphatic heterocycles. The Hall–Kier alpha value is -9.68. The number of carboxylic acid groups (broad SMARTS) is 4. The number of hydrogen-bond acceptors (Lipinski definition) is 37. The van der Waals surface area contributed by atoms with Crippen LogP contribution in [0.4, 0.5) is 11.6 Å². The van der Waals surface area contributed by atoms with Gasteiger partial charge in [-0.15, -0.1) is 0 Å². The molecule has 0 aliphatic rings. The van der Waals surface area contributed by atoms with Crippen LogP contribution in [0, 0.1) is 17.8 Å². The van der Waals surface area contributed by atoms with E-state index in [2.05, 4.69) is 62.5 Å². The number of aliphatic carboxylic acids is 4. The van der Waals surface area contributed by atoms with Gasteiger partial charge in [0.15, 0.2) is 22.7 Å². The number of H-pyrrole nitrogens is 1. The van der Waals surface area contributed by atoms with Gasteiger partial charge in [-0.3, -0.25) is 67.3 Å². The number of anilines is 2. The molecule has 3 rings (SSSR count). The summed E-state index contributed by atoms with van der Waals surface area (Å²) in [7, 11) is 2.10. The molecule has 2 heterocycles. The Kier molecular flexibility index (Phi) is 45.1. The lowest BCUT2D eigenvalue weighted by Crippen LogP contribution is -2.54. The number of Topliss-reactive ketones (excluding diaryl/α,β-unsaturated/α-hetero) is 3. The molecule has 49 heteroatoms. The average Bonchev–Trinajstić information content (AvgIpc) is 0.808. The van der Waals surface area contributed by atoms with E-state index in [1.165, 1.54) is 44.3 Å². The van der Waals surface area contributed by atoms with E-state index in [0.29, 0.717) is 11.4 Å². The molecule has 7 amide bonds. The van der Waals surface area contributed by atoms with E-state index >= 15 is 0 Å². The molecular weight excluding hydrogens is 1640 g/mol. The Bertz CT molecular complexity index is 4000. The van der Waals surface area contributed by atoms with Crippen molar-refractivity contribution >= 4 is 127 Å². The number of nitrogens with one attached hydrogen (secondary N) is 9. The maximum Gasteiger partial charge on any atom is 0.327 e. The topological polar surface area (TPSA) is 817 Å². The van der Waals surface area contributed by atoms with Gasteiger partial charge in [0.25, 0.3) is 11.5 Å². The number of nitrogen functional groups attached to an aromatic ring is 1. The predicted octanol–water partition coefficient (Wildman–Crippen LogP) is -9.35. The fourth-order valence-corrected chi connectivity index (χ4v) is 13.9. The average molecular weight is 1750 g/mol. The van der Waals surface area contributed by atoms with Crippen LogP contribution in [0.2, 0.25) is 0 Å². The quantitative estimate of drug-likeness (QED) is 0.0233. The molecule has 0 spiro atoms. The number of benzene rings is 1. The Morgan fingerprint density at radius 2 is 0.875 bits per heavy atom. The third-order valence-corrected chi connectivity index (χ3v) is 21.4. The van der Waals surface area contributed by atoms with Crippen LogP contribution in [0.5, 0.6) is 0 Å². The number of nitrogens with two attached hydrogens (primary N) is 1. The van der Waals surface area contributed by atoms with Crippen molar-refractivity contribution in [3.63, 3.8) is 0 Å². The lowest BCUT2D eigenvalue weighted by molar-refractivity contribution is -0.143. The molecule has 3 aromatic rings. The van der Waals surface area contributed by atoms with E-state index in [9.17, 15) is 164 Å². The zero-order valence-electron chi connectivity index (χ0n) is 65.3. The van der Waals surface area contributed by atoms with Crippen LogP contribution in [0.1, 0.15) is 126 Å². The lowest BCUT2D eigenvalue weighted by Gasteiger charge is -2.31. The normalized spacial score (nSPS) is 16.4. The molecular formula is C71H107N13O34S2. The molecule has 672 valence electrons. The van der Waals surface area contributed by atoms with Gasteiger partial charge < -0.3 is 145 Å². The van der Waals surface area contributed by atoms with Gasteiger partial charge in [-0.1, -0.05) is 21.6 Å². The van der Waals surface area contributed by atoms with Crippen molar-refractivity contribution in [1.29, 1.82) is 0 Å². The molecule has 47 nitrogen and oxygen atoms in total. The monoisotopic (exact) mass is 1750 g/mol. The van der Waals surface area contributed by atoms with Crippen molar-refractivity contribution in [3.05, 3.63) is 52.1 Å². The van der Waals surface area contributed by atoms with Crippen LogP contribution in [0.3, 0.4) is 0 Å². The molecule has 0 radical (unpaired) electrons. The molecule has 0 unspecified atom stereocenters. The van der Waals surface area contributed by atoms with Crippen molar-refractivity contribution in [2.75, 3.05) is 56.8 Å². The van der Waals surface area contributed by atoms with Gasteiger partial charge in [-0.25, -0.2) is 19.6 Å². The highest BCUT2D eigenvalue weighted by atomic mass is 33.1. The number of aromatic amines is 1. The van der Waals surface area contributed by atoms with Gasteiger partial charge in [-0.2, -0.15) is 4.98 Å². The number of rotatable bonds is 60. The molecule has 0 bridgehead atoms. The predicted molar refractivity (Wildman–Crippen MR) is 416 cm³/mol. The lowest BCUT2D eigenvalue weighted by atomic mass is 9.88. The fraction of sp³-hybridized carbons (Fsp3) is 0.634. The molecule has 2 aromatic heterocycles. The standard InChI is InChI=1S/C71H107N13O34S2/c1-71(2,120-119-3)61(69(117)118)82-66(113)34(8-17-51(99)76-27-45(93)57(106)60(109)48(96)30-87)22-42(90)39(14-19-53(102)103)80-65(112)33(7-16-50(98)75-26-44(92)56(105)59(108)47(95)29-86)21-41(89)38(13-18-52(100)101)79-64(111)32(6-15-49(97)74-25-43(91)55(104)58(107)46(94)28-85)20-37(88)11-12-40(68(115)116)81-63(110)31-4-9-35(10-5-31)73-23-36-24-77-62-54(78-36)67(114)84-70(72)83-62/h4-5,9-10,24,32-34,38-40,43-48,55-61,73,85-87,91-96,104-109H,6-8,11-23,25-30H2,1-3H3,(H,74,97)(H,75,98)(H,76,99)(H,79,111)(H,80,112)(H,81,110)(H,82,113)(H,100,101)(H,102,103)(H,115,116)(H,117,118)(H3,72,77,83,84,114)/t32-,33-,34-,38+,39+,40+,43+,44+,45+,46-,47-,48-,55-,56-,57-,58-,59-,60-,61-/m1/s1.